The lowest BCUT2D eigenvalue weighted by Gasteiger charge is -2.33. The fourth-order valence-corrected chi connectivity index (χ4v) is 2.29. The summed E-state index contributed by atoms with van der Waals surface area (Å²) in [4.78, 5) is 2.54. The molecule has 16 heavy (non-hydrogen) atoms. The van der Waals surface area contributed by atoms with Crippen molar-refractivity contribution in [1.82, 2.24) is 10.2 Å². The van der Waals surface area contributed by atoms with E-state index in [-0.39, 0.29) is 5.60 Å². The Morgan fingerprint density at radius 3 is 2.75 bits per heavy atom. The van der Waals surface area contributed by atoms with Crippen molar-refractivity contribution in [2.45, 2.75) is 39.2 Å². The Kier molecular flexibility index (Phi) is 5.73. The summed E-state index contributed by atoms with van der Waals surface area (Å²) >= 11 is 0. The smallest absolute Gasteiger partial charge is 0.0600 e. The molecule has 1 aliphatic rings. The summed E-state index contributed by atoms with van der Waals surface area (Å²) in [5.74, 6) is 0.827. The van der Waals surface area contributed by atoms with Crippen LogP contribution in [0.25, 0.3) is 0 Å². The molecule has 0 aliphatic carbocycles. The van der Waals surface area contributed by atoms with Crippen molar-refractivity contribution in [1.29, 1.82) is 0 Å². The first-order chi connectivity index (χ1) is 7.51. The molecule has 1 unspecified atom stereocenters. The van der Waals surface area contributed by atoms with Gasteiger partial charge in [0.25, 0.3) is 0 Å². The zero-order valence-corrected chi connectivity index (χ0v) is 11.4. The number of nitrogens with one attached hydrogen (secondary N) is 1. The molecule has 1 rings (SSSR count). The summed E-state index contributed by atoms with van der Waals surface area (Å²) in [6.07, 6.45) is 2.71. The van der Waals surface area contributed by atoms with Crippen LogP contribution in [0.5, 0.6) is 0 Å². The molecule has 1 heterocycles. The minimum Gasteiger partial charge on any atom is -0.375 e. The molecule has 0 amide bonds. The van der Waals surface area contributed by atoms with Gasteiger partial charge in [-0.1, -0.05) is 0 Å². The van der Waals surface area contributed by atoms with Gasteiger partial charge in [-0.25, -0.2) is 0 Å². The molecular formula is C13H28N2O. The highest BCUT2D eigenvalue weighted by atomic mass is 16.5. The van der Waals surface area contributed by atoms with Gasteiger partial charge in [-0.2, -0.15) is 0 Å². The molecule has 0 bridgehead atoms. The van der Waals surface area contributed by atoms with Crippen LogP contribution in [0.4, 0.5) is 0 Å². The van der Waals surface area contributed by atoms with Gasteiger partial charge in [0.2, 0.25) is 0 Å². The van der Waals surface area contributed by atoms with Crippen molar-refractivity contribution < 1.29 is 4.74 Å². The molecule has 0 aromatic rings. The van der Waals surface area contributed by atoms with Gasteiger partial charge >= 0.3 is 0 Å². The number of piperidine rings is 1. The molecule has 0 aromatic carbocycles. The number of likely N-dealkylation sites (tertiary alicyclic amines) is 1. The van der Waals surface area contributed by atoms with Crippen LogP contribution >= 0.6 is 0 Å². The van der Waals surface area contributed by atoms with Gasteiger partial charge in [-0.15, -0.1) is 0 Å². The Morgan fingerprint density at radius 1 is 1.38 bits per heavy atom. The molecule has 0 radical (unpaired) electrons. The monoisotopic (exact) mass is 228 g/mol. The highest BCUT2D eigenvalue weighted by Crippen LogP contribution is 2.15. The van der Waals surface area contributed by atoms with Gasteiger partial charge in [0.05, 0.1) is 12.2 Å². The predicted molar refractivity (Wildman–Crippen MR) is 68.8 cm³/mol. The van der Waals surface area contributed by atoms with Gasteiger partial charge in [0.15, 0.2) is 0 Å². The van der Waals surface area contributed by atoms with Gasteiger partial charge in [-0.3, -0.25) is 0 Å². The van der Waals surface area contributed by atoms with Crippen molar-refractivity contribution in [2.24, 2.45) is 5.92 Å². The maximum Gasteiger partial charge on any atom is 0.0600 e. The highest BCUT2D eigenvalue weighted by Gasteiger charge is 2.19. The van der Waals surface area contributed by atoms with E-state index in [1.807, 2.05) is 7.05 Å². The van der Waals surface area contributed by atoms with E-state index >= 15 is 0 Å². The first kappa shape index (κ1) is 13.9. The van der Waals surface area contributed by atoms with E-state index < -0.39 is 0 Å². The lowest BCUT2D eigenvalue weighted by molar-refractivity contribution is -0.0169. The van der Waals surface area contributed by atoms with Crippen molar-refractivity contribution in [3.63, 3.8) is 0 Å². The molecule has 96 valence electrons. The van der Waals surface area contributed by atoms with E-state index in [1.54, 1.807) is 0 Å². The third-order valence-corrected chi connectivity index (χ3v) is 3.04. The Balaban J connectivity index is 2.16. The third kappa shape index (κ3) is 5.83. The fraction of sp³-hybridized carbons (Fsp3) is 1.00. The molecule has 1 saturated heterocycles. The zero-order chi connectivity index (χ0) is 12.0. The average Bonchev–Trinajstić information content (AvgIpc) is 2.17. The second-order valence-electron chi connectivity index (χ2n) is 5.83. The topological polar surface area (TPSA) is 24.5 Å². The maximum absolute atomic E-state index is 5.77. The van der Waals surface area contributed by atoms with E-state index in [2.05, 4.69) is 31.0 Å². The van der Waals surface area contributed by atoms with Gasteiger partial charge in [0.1, 0.15) is 0 Å². The lowest BCUT2D eigenvalue weighted by atomic mass is 9.98. The largest absolute Gasteiger partial charge is 0.375 e. The van der Waals surface area contributed by atoms with Crippen LogP contribution in [-0.2, 0) is 4.74 Å². The summed E-state index contributed by atoms with van der Waals surface area (Å²) in [6, 6.07) is 0. The summed E-state index contributed by atoms with van der Waals surface area (Å²) in [5.41, 5.74) is 0.000161. The predicted octanol–water partition coefficient (Wildman–Crippen LogP) is 1.73. The molecule has 0 aromatic heterocycles. The van der Waals surface area contributed by atoms with Crippen molar-refractivity contribution in [3.05, 3.63) is 0 Å². The van der Waals surface area contributed by atoms with Crippen LogP contribution in [-0.4, -0.2) is 50.3 Å². The number of nitrogens with zero attached hydrogens (tertiary/aromatic N) is 1. The molecule has 0 saturated carbocycles. The van der Waals surface area contributed by atoms with E-state index in [9.17, 15) is 0 Å². The van der Waals surface area contributed by atoms with Crippen LogP contribution in [0.3, 0.4) is 0 Å². The quantitative estimate of drug-likeness (QED) is 0.775. The zero-order valence-electron chi connectivity index (χ0n) is 11.4. The maximum atomic E-state index is 5.77. The summed E-state index contributed by atoms with van der Waals surface area (Å²) in [7, 11) is 2.04. The van der Waals surface area contributed by atoms with Crippen molar-refractivity contribution >= 4 is 0 Å². The number of hydrogen-bond acceptors (Lipinski definition) is 3. The Morgan fingerprint density at radius 2 is 2.12 bits per heavy atom. The van der Waals surface area contributed by atoms with Crippen LogP contribution in [0, 0.1) is 5.92 Å². The molecule has 1 aliphatic heterocycles. The van der Waals surface area contributed by atoms with Crippen LogP contribution in [0.15, 0.2) is 0 Å². The Labute approximate surface area is 101 Å². The van der Waals surface area contributed by atoms with Crippen molar-refractivity contribution in [2.75, 3.05) is 39.8 Å². The highest BCUT2D eigenvalue weighted by molar-refractivity contribution is 4.74. The lowest BCUT2D eigenvalue weighted by Crippen LogP contribution is -2.41. The molecule has 3 nitrogen and oxygen atoms in total. The third-order valence-electron chi connectivity index (χ3n) is 3.04. The minimum absolute atomic E-state index is 0.000161. The van der Waals surface area contributed by atoms with Crippen molar-refractivity contribution in [3.8, 4) is 0 Å². The summed E-state index contributed by atoms with van der Waals surface area (Å²) < 4.78 is 5.77. The Hall–Kier alpha value is -0.120. The first-order valence-electron chi connectivity index (χ1n) is 6.52. The Bertz CT molecular complexity index is 187. The van der Waals surface area contributed by atoms with E-state index in [0.29, 0.717) is 0 Å². The number of rotatable bonds is 5. The van der Waals surface area contributed by atoms with Gasteiger partial charge < -0.3 is 15.0 Å². The summed E-state index contributed by atoms with van der Waals surface area (Å²) in [5, 5.41) is 3.28. The van der Waals surface area contributed by atoms with Gasteiger partial charge in [0, 0.05) is 13.1 Å². The standard InChI is InChI=1S/C13H28N2O/c1-13(2,3)16-9-8-15-7-5-6-12(11-15)10-14-4/h12,14H,5-11H2,1-4H3. The molecular weight excluding hydrogens is 200 g/mol. The summed E-state index contributed by atoms with van der Waals surface area (Å²) in [6.45, 7) is 11.9. The van der Waals surface area contributed by atoms with Crippen LogP contribution in [0.1, 0.15) is 33.6 Å². The second-order valence-corrected chi connectivity index (χ2v) is 5.83. The molecule has 1 atom stereocenters. The molecule has 0 spiro atoms. The molecule has 1 N–H and O–H groups in total. The SMILES string of the molecule is CNCC1CCCN(CCOC(C)(C)C)C1. The fourth-order valence-electron chi connectivity index (χ4n) is 2.29. The molecule has 1 fully saturated rings. The minimum atomic E-state index is 0.000161. The number of ether oxygens (including phenoxy) is 1. The molecule has 3 heteroatoms. The normalized spacial score (nSPS) is 23.6. The van der Waals surface area contributed by atoms with Crippen LogP contribution < -0.4 is 5.32 Å². The number of hydrogen-bond donors (Lipinski definition) is 1. The van der Waals surface area contributed by atoms with Crippen LogP contribution in [0.2, 0.25) is 0 Å². The van der Waals surface area contributed by atoms with Gasteiger partial charge in [-0.05, 0) is 59.7 Å². The second kappa shape index (κ2) is 6.58. The van der Waals surface area contributed by atoms with E-state index in [1.165, 1.54) is 25.9 Å². The average molecular weight is 228 g/mol. The van der Waals surface area contributed by atoms with E-state index in [0.717, 1.165) is 25.6 Å². The van der Waals surface area contributed by atoms with E-state index in [4.69, 9.17) is 4.74 Å². The first-order valence-corrected chi connectivity index (χ1v) is 6.52.